The molecule has 0 radical (unpaired) electrons. The quantitative estimate of drug-likeness (QED) is 0.671. The number of hydrogen-bond acceptors (Lipinski definition) is 2. The maximum Gasteiger partial charge on any atom is 0.0713 e. The fraction of sp³-hybridized carbons (Fsp3) is 0.200. The number of nitrogens with one attached hydrogen (secondary N) is 1. The van der Waals surface area contributed by atoms with Gasteiger partial charge in [0.2, 0.25) is 0 Å². The molecule has 0 aliphatic rings. The Morgan fingerprint density at radius 2 is 1.72 bits per heavy atom. The van der Waals surface area contributed by atoms with Crippen LogP contribution in [-0.2, 0) is 0 Å². The van der Waals surface area contributed by atoms with E-state index in [2.05, 4.69) is 65.5 Å². The number of benzene rings is 2. The molecule has 0 aliphatic heterocycles. The molecule has 2 rings (SSSR count). The highest BCUT2D eigenvalue weighted by Gasteiger charge is 2.15. The van der Waals surface area contributed by atoms with Crippen molar-refractivity contribution in [3.63, 3.8) is 0 Å². The van der Waals surface area contributed by atoms with E-state index in [9.17, 15) is 0 Å². The Hall–Kier alpha value is -1.16. The molecule has 0 bridgehead atoms. The number of hydrogen-bond donors (Lipinski definition) is 2. The highest BCUT2D eigenvalue weighted by Crippen LogP contribution is 2.28. The van der Waals surface area contributed by atoms with Crippen molar-refractivity contribution in [2.24, 2.45) is 5.84 Å². The molecule has 1 unspecified atom stereocenters. The molecule has 18 heavy (non-hydrogen) atoms. The molecular formula is C15H17BrN2. The maximum atomic E-state index is 5.73. The van der Waals surface area contributed by atoms with Crippen molar-refractivity contribution in [1.29, 1.82) is 0 Å². The molecule has 2 aromatic rings. The van der Waals surface area contributed by atoms with Crippen LogP contribution in [0.15, 0.2) is 46.9 Å². The summed E-state index contributed by atoms with van der Waals surface area (Å²) >= 11 is 3.56. The number of rotatable bonds is 3. The Labute approximate surface area is 116 Å². The van der Waals surface area contributed by atoms with Crippen LogP contribution in [0.3, 0.4) is 0 Å². The summed E-state index contributed by atoms with van der Waals surface area (Å²) in [5, 5.41) is 0. The van der Waals surface area contributed by atoms with Gasteiger partial charge in [-0.1, -0.05) is 57.9 Å². The fourth-order valence-corrected chi connectivity index (χ4v) is 2.44. The van der Waals surface area contributed by atoms with Crippen LogP contribution < -0.4 is 11.3 Å². The van der Waals surface area contributed by atoms with Crippen molar-refractivity contribution in [3.05, 3.63) is 69.2 Å². The van der Waals surface area contributed by atoms with E-state index in [-0.39, 0.29) is 6.04 Å². The lowest BCUT2D eigenvalue weighted by molar-refractivity contribution is 0.633. The third-order valence-electron chi connectivity index (χ3n) is 3.20. The van der Waals surface area contributed by atoms with Gasteiger partial charge in [-0.3, -0.25) is 5.84 Å². The second-order valence-corrected chi connectivity index (χ2v) is 5.32. The van der Waals surface area contributed by atoms with E-state index in [1.54, 1.807) is 0 Å². The van der Waals surface area contributed by atoms with Gasteiger partial charge in [-0.05, 0) is 36.6 Å². The first-order valence-electron chi connectivity index (χ1n) is 5.91. The average molecular weight is 305 g/mol. The zero-order valence-electron chi connectivity index (χ0n) is 10.6. The first-order valence-corrected chi connectivity index (χ1v) is 6.70. The molecule has 2 nitrogen and oxygen atoms in total. The fourth-order valence-electron chi connectivity index (χ4n) is 2.06. The monoisotopic (exact) mass is 304 g/mol. The normalized spacial score (nSPS) is 12.4. The number of halogens is 1. The van der Waals surface area contributed by atoms with Crippen LogP contribution >= 0.6 is 15.9 Å². The second kappa shape index (κ2) is 5.65. The van der Waals surface area contributed by atoms with Gasteiger partial charge in [0.25, 0.3) is 0 Å². The smallest absolute Gasteiger partial charge is 0.0713 e. The molecule has 0 fully saturated rings. The van der Waals surface area contributed by atoms with Crippen LogP contribution in [0.5, 0.6) is 0 Å². The Kier molecular flexibility index (Phi) is 4.17. The predicted octanol–water partition coefficient (Wildman–Crippen LogP) is 3.62. The van der Waals surface area contributed by atoms with Gasteiger partial charge in [0.05, 0.1) is 6.04 Å². The summed E-state index contributed by atoms with van der Waals surface area (Å²) in [5.74, 6) is 5.73. The summed E-state index contributed by atoms with van der Waals surface area (Å²) in [6, 6.07) is 14.6. The summed E-state index contributed by atoms with van der Waals surface area (Å²) in [7, 11) is 0. The zero-order valence-corrected chi connectivity index (χ0v) is 12.2. The minimum atomic E-state index is 0.0168. The summed E-state index contributed by atoms with van der Waals surface area (Å²) < 4.78 is 1.10. The van der Waals surface area contributed by atoms with Gasteiger partial charge in [-0.2, -0.15) is 0 Å². The first-order chi connectivity index (χ1) is 8.63. The Balaban J connectivity index is 2.45. The van der Waals surface area contributed by atoms with Crippen LogP contribution in [0.25, 0.3) is 0 Å². The average Bonchev–Trinajstić information content (AvgIpc) is 2.37. The lowest BCUT2D eigenvalue weighted by atomic mass is 9.95. The standard InChI is InChI=1S/C15H17BrN2/c1-10-6-8-12(9-7-10)15(18-17)13-4-3-5-14(16)11(13)2/h3-9,15,18H,17H2,1-2H3. The van der Waals surface area contributed by atoms with Crippen LogP contribution in [0.2, 0.25) is 0 Å². The molecule has 0 amide bonds. The van der Waals surface area contributed by atoms with Crippen LogP contribution in [-0.4, -0.2) is 0 Å². The van der Waals surface area contributed by atoms with E-state index in [0.717, 1.165) is 4.47 Å². The maximum absolute atomic E-state index is 5.73. The SMILES string of the molecule is Cc1ccc(C(NN)c2cccc(Br)c2C)cc1. The molecule has 0 aliphatic carbocycles. The molecule has 0 saturated heterocycles. The van der Waals surface area contributed by atoms with E-state index in [1.165, 1.54) is 22.3 Å². The molecule has 3 heteroatoms. The highest BCUT2D eigenvalue weighted by atomic mass is 79.9. The van der Waals surface area contributed by atoms with Crippen LogP contribution in [0.4, 0.5) is 0 Å². The Morgan fingerprint density at radius 3 is 2.33 bits per heavy atom. The van der Waals surface area contributed by atoms with Gasteiger partial charge in [0.15, 0.2) is 0 Å². The van der Waals surface area contributed by atoms with Crippen molar-refractivity contribution < 1.29 is 0 Å². The van der Waals surface area contributed by atoms with Gasteiger partial charge >= 0.3 is 0 Å². The van der Waals surface area contributed by atoms with E-state index < -0.39 is 0 Å². The lowest BCUT2D eigenvalue weighted by Crippen LogP contribution is -2.29. The van der Waals surface area contributed by atoms with Gasteiger partial charge in [0, 0.05) is 4.47 Å². The third-order valence-corrected chi connectivity index (χ3v) is 4.06. The lowest BCUT2D eigenvalue weighted by Gasteiger charge is -2.20. The molecular weight excluding hydrogens is 288 g/mol. The van der Waals surface area contributed by atoms with Gasteiger partial charge in [0.1, 0.15) is 0 Å². The van der Waals surface area contributed by atoms with Crippen molar-refractivity contribution >= 4 is 15.9 Å². The molecule has 1 atom stereocenters. The summed E-state index contributed by atoms with van der Waals surface area (Å²) in [6.45, 7) is 4.18. The molecule has 0 aromatic heterocycles. The van der Waals surface area contributed by atoms with Crippen LogP contribution in [0.1, 0.15) is 28.3 Å². The zero-order chi connectivity index (χ0) is 13.1. The van der Waals surface area contributed by atoms with E-state index in [1.807, 2.05) is 12.1 Å². The topological polar surface area (TPSA) is 38.0 Å². The van der Waals surface area contributed by atoms with Crippen molar-refractivity contribution in [2.75, 3.05) is 0 Å². The largest absolute Gasteiger partial charge is 0.271 e. The molecule has 0 spiro atoms. The number of aryl methyl sites for hydroxylation is 1. The van der Waals surface area contributed by atoms with E-state index in [4.69, 9.17) is 5.84 Å². The molecule has 0 heterocycles. The van der Waals surface area contributed by atoms with Crippen molar-refractivity contribution in [2.45, 2.75) is 19.9 Å². The third kappa shape index (κ3) is 2.64. The Morgan fingerprint density at radius 1 is 1.06 bits per heavy atom. The van der Waals surface area contributed by atoms with Gasteiger partial charge in [-0.15, -0.1) is 0 Å². The predicted molar refractivity (Wildman–Crippen MR) is 79.2 cm³/mol. The van der Waals surface area contributed by atoms with Crippen LogP contribution in [0, 0.1) is 13.8 Å². The molecule has 3 N–H and O–H groups in total. The van der Waals surface area contributed by atoms with E-state index >= 15 is 0 Å². The molecule has 0 saturated carbocycles. The van der Waals surface area contributed by atoms with Gasteiger partial charge < -0.3 is 0 Å². The van der Waals surface area contributed by atoms with Crippen molar-refractivity contribution in [1.82, 2.24) is 5.43 Å². The minimum Gasteiger partial charge on any atom is -0.271 e. The number of nitrogens with two attached hydrogens (primary N) is 1. The van der Waals surface area contributed by atoms with Gasteiger partial charge in [-0.25, -0.2) is 5.43 Å². The molecule has 2 aromatic carbocycles. The number of hydrazine groups is 1. The molecule has 94 valence electrons. The summed E-state index contributed by atoms with van der Waals surface area (Å²) in [6.07, 6.45) is 0. The summed E-state index contributed by atoms with van der Waals surface area (Å²) in [4.78, 5) is 0. The highest BCUT2D eigenvalue weighted by molar-refractivity contribution is 9.10. The first kappa shape index (κ1) is 13.3. The Bertz CT molecular complexity index is 535. The van der Waals surface area contributed by atoms with Crippen molar-refractivity contribution in [3.8, 4) is 0 Å². The minimum absolute atomic E-state index is 0.0168. The second-order valence-electron chi connectivity index (χ2n) is 4.46. The van der Waals surface area contributed by atoms with E-state index in [0.29, 0.717) is 0 Å². The summed E-state index contributed by atoms with van der Waals surface area (Å²) in [5.41, 5.74) is 7.72.